The van der Waals surface area contributed by atoms with Crippen LogP contribution in [0.4, 0.5) is 10.2 Å². The van der Waals surface area contributed by atoms with Gasteiger partial charge in [-0.2, -0.15) is 0 Å². The Kier molecular flexibility index (Phi) is 14.4. The first-order valence-corrected chi connectivity index (χ1v) is 22.9. The molecule has 336 valence electrons. The Morgan fingerprint density at radius 3 is 2.43 bits per heavy atom. The van der Waals surface area contributed by atoms with Crippen LogP contribution in [0.25, 0.3) is 21.7 Å². The van der Waals surface area contributed by atoms with E-state index in [0.29, 0.717) is 28.4 Å². The lowest BCUT2D eigenvalue weighted by atomic mass is 9.85. The lowest BCUT2D eigenvalue weighted by Gasteiger charge is -2.35. The van der Waals surface area contributed by atoms with Gasteiger partial charge in [0, 0.05) is 42.3 Å². The van der Waals surface area contributed by atoms with Crippen LogP contribution in [0.5, 0.6) is 11.5 Å². The molecule has 0 radical (unpaired) electrons. The standard InChI is InChI=1S/C46H59BFN7O7S/c1-27-39(63-26-51-27)29-17-18-30(24-50-42(58)36-22-31(56)25-55(36)43(59)40(45(2,3)4)52-44(60)46(48)19-20-46)38(21-29)62-47-61-32-13-7-5-11-28(12-6-8-14-32)34-23-35(53-54-41(34)49)33-15-9-10-16-37(33)57/h9-10,15-18,21,23,26,28,31-32,36,40,47,56-57H,5-8,11-14,19-20,22,24-25H2,1-4H3,(H2,49,54)(H,50,58)(H,52,60)/t28?,31-,32?,36+,40-/m1/s1. The number of benzene rings is 2. The van der Waals surface area contributed by atoms with Crippen molar-refractivity contribution in [3.05, 3.63) is 70.9 Å². The number of phenols is 1. The summed E-state index contributed by atoms with van der Waals surface area (Å²) in [5.74, 6) is -0.494. The first-order chi connectivity index (χ1) is 30.1. The minimum absolute atomic E-state index is 0.00400. The number of para-hydroxylation sites is 1. The topological polar surface area (TPSA) is 202 Å². The molecule has 3 amide bonds. The molecule has 17 heteroatoms. The Morgan fingerprint density at radius 2 is 1.76 bits per heavy atom. The van der Waals surface area contributed by atoms with Crippen LogP contribution in [0.3, 0.4) is 0 Å². The summed E-state index contributed by atoms with van der Waals surface area (Å²) >= 11 is 1.52. The smallest absolute Gasteiger partial charge is 0.507 e. The Morgan fingerprint density at radius 1 is 1.05 bits per heavy atom. The number of halogens is 1. The summed E-state index contributed by atoms with van der Waals surface area (Å²) in [5.41, 5.74) is 10.1. The van der Waals surface area contributed by atoms with Crippen molar-refractivity contribution < 1.29 is 38.3 Å². The van der Waals surface area contributed by atoms with Gasteiger partial charge in [-0.25, -0.2) is 9.37 Å². The molecule has 3 fully saturated rings. The molecular weight excluding hydrogens is 824 g/mol. The van der Waals surface area contributed by atoms with Gasteiger partial charge in [0.15, 0.2) is 5.67 Å². The van der Waals surface area contributed by atoms with Crippen molar-refractivity contribution in [3.8, 4) is 33.2 Å². The zero-order valence-corrected chi connectivity index (χ0v) is 37.4. The highest BCUT2D eigenvalue weighted by molar-refractivity contribution is 7.13. The minimum atomic E-state index is -1.97. The summed E-state index contributed by atoms with van der Waals surface area (Å²) in [6, 6.07) is 12.7. The van der Waals surface area contributed by atoms with Crippen molar-refractivity contribution in [3.63, 3.8) is 0 Å². The summed E-state index contributed by atoms with van der Waals surface area (Å²) in [6.45, 7) is 7.23. The van der Waals surface area contributed by atoms with Gasteiger partial charge in [0.05, 0.1) is 27.9 Å². The normalized spacial score (nSPS) is 21.8. The molecule has 2 aromatic carbocycles. The van der Waals surface area contributed by atoms with E-state index in [1.165, 1.54) is 16.2 Å². The van der Waals surface area contributed by atoms with E-state index in [1.807, 2.05) is 43.3 Å². The molecule has 0 spiro atoms. The number of amides is 3. The summed E-state index contributed by atoms with van der Waals surface area (Å²) in [7, 11) is 0.00483. The number of hydrogen-bond donors (Lipinski definition) is 5. The molecule has 14 nitrogen and oxygen atoms in total. The fourth-order valence-electron chi connectivity index (χ4n) is 8.62. The number of aliphatic hydroxyl groups is 1. The molecule has 7 rings (SSSR count). The fraction of sp³-hybridized carbons (Fsp3) is 0.522. The van der Waals surface area contributed by atoms with Crippen molar-refractivity contribution in [1.82, 2.24) is 30.7 Å². The molecule has 2 aliphatic carbocycles. The number of nitrogens with two attached hydrogens (primary N) is 1. The minimum Gasteiger partial charge on any atom is -0.538 e. The maximum atomic E-state index is 14.7. The molecule has 0 unspecified atom stereocenters. The molecule has 2 aromatic heterocycles. The first kappa shape index (κ1) is 45.9. The van der Waals surface area contributed by atoms with Gasteiger partial charge < -0.3 is 40.8 Å². The third-order valence-electron chi connectivity index (χ3n) is 12.5. The number of carbonyl (C=O) groups is 3. The molecule has 6 N–H and O–H groups in total. The van der Waals surface area contributed by atoms with E-state index in [4.69, 9.17) is 15.0 Å². The van der Waals surface area contributed by atoms with Crippen molar-refractivity contribution in [2.24, 2.45) is 5.41 Å². The van der Waals surface area contributed by atoms with E-state index in [1.54, 1.807) is 38.4 Å². The van der Waals surface area contributed by atoms with Crippen LogP contribution in [0.1, 0.15) is 114 Å². The Bertz CT molecular complexity index is 2260. The van der Waals surface area contributed by atoms with Crippen molar-refractivity contribution >= 4 is 42.6 Å². The molecule has 1 saturated heterocycles. The number of nitrogen functional groups attached to an aromatic ring is 1. The first-order valence-electron chi connectivity index (χ1n) is 22.1. The molecule has 3 atom stereocenters. The number of anilines is 1. The number of likely N-dealkylation sites (tertiary alicyclic amines) is 1. The summed E-state index contributed by atoms with van der Waals surface area (Å²) in [5, 5.41) is 35.2. The number of aromatic nitrogens is 3. The van der Waals surface area contributed by atoms with E-state index in [0.717, 1.165) is 73.1 Å². The Labute approximate surface area is 372 Å². The second-order valence-corrected chi connectivity index (χ2v) is 19.2. The predicted octanol–water partition coefficient (Wildman–Crippen LogP) is 6.42. The van der Waals surface area contributed by atoms with E-state index in [9.17, 15) is 29.0 Å². The number of aryl methyl sites for hydroxylation is 1. The predicted molar refractivity (Wildman–Crippen MR) is 241 cm³/mol. The number of hydrogen-bond acceptors (Lipinski definition) is 12. The lowest BCUT2D eigenvalue weighted by molar-refractivity contribution is -0.145. The van der Waals surface area contributed by atoms with Crippen LogP contribution >= 0.6 is 11.3 Å². The summed E-state index contributed by atoms with van der Waals surface area (Å²) < 4.78 is 27.4. The third-order valence-corrected chi connectivity index (χ3v) is 13.5. The zero-order chi connectivity index (χ0) is 44.9. The van der Waals surface area contributed by atoms with E-state index < -0.39 is 47.0 Å². The molecule has 0 bridgehead atoms. The van der Waals surface area contributed by atoms with Gasteiger partial charge in [0.2, 0.25) is 11.8 Å². The lowest BCUT2D eigenvalue weighted by Crippen LogP contribution is -2.59. The average Bonchev–Trinajstić information content (AvgIpc) is 3.66. The second kappa shape index (κ2) is 19.7. The largest absolute Gasteiger partial charge is 0.538 e. The van der Waals surface area contributed by atoms with Gasteiger partial charge in [0.1, 0.15) is 29.4 Å². The summed E-state index contributed by atoms with van der Waals surface area (Å²) in [4.78, 5) is 47.2. The molecule has 1 aliphatic heterocycles. The maximum absolute atomic E-state index is 14.7. The van der Waals surface area contributed by atoms with Crippen LogP contribution in [0.2, 0.25) is 0 Å². The van der Waals surface area contributed by atoms with Crippen LogP contribution in [-0.4, -0.2) is 92.2 Å². The SMILES string of the molecule is Cc1ncsc1-c1ccc(CNC(=O)[C@@H]2C[C@@H](O)CN2C(=O)[C@@H](NC(=O)C2(F)CC2)C(C)(C)C)c(OBOC2CCCCC(c3cc(-c4ccccc4O)nnc3N)CCCC2)c1. The number of β-amino-alcohol motifs (C(OH)–C–C–N with tert-alkyl or cyclic N) is 1. The van der Waals surface area contributed by atoms with Crippen LogP contribution in [0.15, 0.2) is 54.0 Å². The zero-order valence-electron chi connectivity index (χ0n) is 36.6. The van der Waals surface area contributed by atoms with Gasteiger partial charge in [0.25, 0.3) is 5.91 Å². The molecule has 3 heterocycles. The molecule has 3 aliphatic rings. The van der Waals surface area contributed by atoms with Gasteiger partial charge in [-0.05, 0) is 86.6 Å². The number of thiazole rings is 1. The molecule has 2 saturated carbocycles. The van der Waals surface area contributed by atoms with Gasteiger partial charge in [-0.15, -0.1) is 21.5 Å². The Hall–Kier alpha value is -5.13. The number of alkyl halides is 1. The van der Waals surface area contributed by atoms with E-state index in [2.05, 4.69) is 25.8 Å². The van der Waals surface area contributed by atoms with Crippen molar-refractivity contribution in [2.45, 2.75) is 141 Å². The van der Waals surface area contributed by atoms with Gasteiger partial charge in [-0.1, -0.05) is 70.7 Å². The highest BCUT2D eigenvalue weighted by atomic mass is 32.1. The van der Waals surface area contributed by atoms with Crippen molar-refractivity contribution in [2.75, 3.05) is 12.3 Å². The maximum Gasteiger partial charge on any atom is 0.507 e. The highest BCUT2D eigenvalue weighted by Gasteiger charge is 2.53. The van der Waals surface area contributed by atoms with Crippen molar-refractivity contribution in [1.29, 1.82) is 0 Å². The van der Waals surface area contributed by atoms with Crippen LogP contribution in [0, 0.1) is 12.3 Å². The average molecular weight is 884 g/mol. The monoisotopic (exact) mass is 883 g/mol. The third kappa shape index (κ3) is 11.2. The van der Waals surface area contributed by atoms with Crippen LogP contribution in [-0.2, 0) is 25.6 Å². The number of nitrogens with one attached hydrogen (secondary N) is 2. The van der Waals surface area contributed by atoms with E-state index in [-0.39, 0.29) is 57.8 Å². The number of aliphatic hydroxyl groups excluding tert-OH is 1. The number of carbonyl (C=O) groups excluding carboxylic acids is 3. The fourth-order valence-corrected chi connectivity index (χ4v) is 9.43. The molecule has 4 aromatic rings. The van der Waals surface area contributed by atoms with Gasteiger partial charge in [-0.3, -0.25) is 14.4 Å². The quantitative estimate of drug-likeness (QED) is 0.0928. The number of aromatic hydroxyl groups is 1. The van der Waals surface area contributed by atoms with Crippen LogP contribution < -0.4 is 21.0 Å². The Balaban J connectivity index is 0.976. The number of phenolic OH excluding ortho intramolecular Hbond substituents is 1. The number of nitrogens with zero attached hydrogens (tertiary/aromatic N) is 4. The van der Waals surface area contributed by atoms with E-state index >= 15 is 0 Å². The summed E-state index contributed by atoms with van der Waals surface area (Å²) in [6.07, 6.45) is 6.76. The van der Waals surface area contributed by atoms with Gasteiger partial charge >= 0.3 is 7.69 Å². The molecular formula is C46H59BFN7O7S. The number of rotatable bonds is 13. The second-order valence-electron chi connectivity index (χ2n) is 18.3. The molecule has 63 heavy (non-hydrogen) atoms. The highest BCUT2D eigenvalue weighted by Crippen LogP contribution is 2.41.